The molecule has 0 amide bonds. The Labute approximate surface area is 215 Å². The van der Waals surface area contributed by atoms with E-state index in [4.69, 9.17) is 27.9 Å². The first kappa shape index (κ1) is 23.4. The number of benzene rings is 3. The van der Waals surface area contributed by atoms with Crippen LogP contribution >= 0.6 is 35.0 Å². The van der Waals surface area contributed by atoms with E-state index in [2.05, 4.69) is 15.2 Å². The van der Waals surface area contributed by atoms with E-state index in [1.807, 2.05) is 47.0 Å². The summed E-state index contributed by atoms with van der Waals surface area (Å²) in [6.07, 6.45) is 1.70. The third-order valence-corrected chi connectivity index (χ3v) is 6.76. The average Bonchev–Trinajstić information content (AvgIpc) is 3.31. The topological polar surface area (TPSA) is 69.9 Å². The van der Waals surface area contributed by atoms with Gasteiger partial charge in [-0.05, 0) is 60.7 Å². The highest BCUT2D eigenvalue weighted by Gasteiger charge is 2.18. The van der Waals surface area contributed by atoms with Gasteiger partial charge in [0.2, 0.25) is 0 Å². The first-order valence-corrected chi connectivity index (χ1v) is 12.4. The number of nitrogens with zero attached hydrogens (tertiary/aromatic N) is 4. The fourth-order valence-electron chi connectivity index (χ4n) is 3.54. The molecule has 0 saturated heterocycles. The molecule has 3 aromatic carbocycles. The minimum Gasteiger partial charge on any atom is -0.483 e. The number of carbonyl (C=O) groups excluding carboxylic acids is 1. The molecule has 0 radical (unpaired) electrons. The highest BCUT2D eigenvalue weighted by atomic mass is 35.5. The maximum atomic E-state index is 12.7. The van der Waals surface area contributed by atoms with Crippen LogP contribution in [0.4, 0.5) is 0 Å². The van der Waals surface area contributed by atoms with Crippen molar-refractivity contribution in [3.63, 3.8) is 0 Å². The number of para-hydroxylation sites is 1. The summed E-state index contributed by atoms with van der Waals surface area (Å²) in [5, 5.41) is 11.3. The monoisotopic (exact) mass is 520 g/mol. The smallest absolute Gasteiger partial charge is 0.196 e. The molecule has 5 rings (SSSR count). The second-order valence-corrected chi connectivity index (χ2v) is 9.31. The third kappa shape index (κ3) is 5.17. The lowest BCUT2D eigenvalue weighted by molar-refractivity contribution is 0.102. The van der Waals surface area contributed by atoms with E-state index in [1.54, 1.807) is 42.6 Å². The number of carbonyl (C=O) groups is 1. The Morgan fingerprint density at radius 3 is 2.51 bits per heavy atom. The standard InChI is InChI=1S/C26H18Cl2N4O2S/c27-18-10-8-17(9-11-18)22(33)16-35-26-31-30-24(32(26)19-5-2-1-3-6-19)15-34-23-13-12-21(28)20-7-4-14-29-25(20)23/h1-14H,15-16H2. The Kier molecular flexibility index (Phi) is 6.99. The zero-order valence-electron chi connectivity index (χ0n) is 18.3. The zero-order valence-corrected chi connectivity index (χ0v) is 20.6. The van der Waals surface area contributed by atoms with E-state index in [1.165, 1.54) is 11.8 Å². The van der Waals surface area contributed by atoms with Gasteiger partial charge in [0.25, 0.3) is 0 Å². The van der Waals surface area contributed by atoms with Crippen molar-refractivity contribution in [2.75, 3.05) is 5.75 Å². The van der Waals surface area contributed by atoms with Crippen LogP contribution in [0.15, 0.2) is 90.2 Å². The maximum Gasteiger partial charge on any atom is 0.196 e. The number of ether oxygens (including phenoxy) is 1. The van der Waals surface area contributed by atoms with Gasteiger partial charge in [0.05, 0.1) is 10.8 Å². The number of halogens is 2. The Balaban J connectivity index is 1.40. The van der Waals surface area contributed by atoms with E-state index in [-0.39, 0.29) is 18.1 Å². The molecule has 5 aromatic rings. The lowest BCUT2D eigenvalue weighted by Gasteiger charge is -2.12. The van der Waals surface area contributed by atoms with Gasteiger partial charge in [-0.2, -0.15) is 0 Å². The molecule has 0 bridgehead atoms. The number of rotatable bonds is 8. The number of hydrogen-bond acceptors (Lipinski definition) is 6. The molecule has 2 heterocycles. The van der Waals surface area contributed by atoms with Crippen LogP contribution in [0.3, 0.4) is 0 Å². The Hall–Kier alpha value is -3.39. The predicted octanol–water partition coefficient (Wildman–Crippen LogP) is 6.68. The third-order valence-electron chi connectivity index (χ3n) is 5.25. The van der Waals surface area contributed by atoms with Gasteiger partial charge in [0.1, 0.15) is 17.9 Å². The van der Waals surface area contributed by atoms with E-state index in [9.17, 15) is 4.79 Å². The van der Waals surface area contributed by atoms with Gasteiger partial charge in [-0.1, -0.05) is 53.2 Å². The van der Waals surface area contributed by atoms with Crippen LogP contribution < -0.4 is 4.74 Å². The molecule has 6 nitrogen and oxygen atoms in total. The Morgan fingerprint density at radius 2 is 1.71 bits per heavy atom. The SMILES string of the molecule is O=C(CSc1nnc(COc2ccc(Cl)c3cccnc23)n1-c1ccccc1)c1ccc(Cl)cc1. The van der Waals surface area contributed by atoms with Crippen molar-refractivity contribution in [2.45, 2.75) is 11.8 Å². The zero-order chi connectivity index (χ0) is 24.2. The van der Waals surface area contributed by atoms with Crippen LogP contribution in [-0.4, -0.2) is 31.3 Å². The molecule has 9 heteroatoms. The largest absolute Gasteiger partial charge is 0.483 e. The van der Waals surface area contributed by atoms with E-state index >= 15 is 0 Å². The molecule has 0 unspecified atom stereocenters. The number of fused-ring (bicyclic) bond motifs is 1. The molecule has 0 atom stereocenters. The van der Waals surface area contributed by atoms with E-state index in [0.717, 1.165) is 11.1 Å². The van der Waals surface area contributed by atoms with Gasteiger partial charge in [0.15, 0.2) is 16.8 Å². The summed E-state index contributed by atoms with van der Waals surface area (Å²) in [4.78, 5) is 17.1. The van der Waals surface area contributed by atoms with Crippen LogP contribution in [0.1, 0.15) is 16.2 Å². The Morgan fingerprint density at radius 1 is 0.914 bits per heavy atom. The molecule has 174 valence electrons. The highest BCUT2D eigenvalue weighted by Crippen LogP contribution is 2.30. The van der Waals surface area contributed by atoms with Gasteiger partial charge in [-0.3, -0.25) is 14.3 Å². The first-order chi connectivity index (χ1) is 17.1. The quantitative estimate of drug-likeness (QED) is 0.168. The number of thioether (sulfide) groups is 1. The fraction of sp³-hybridized carbons (Fsp3) is 0.0769. The van der Waals surface area contributed by atoms with Gasteiger partial charge in [-0.25, -0.2) is 0 Å². The highest BCUT2D eigenvalue weighted by molar-refractivity contribution is 7.99. The normalized spacial score (nSPS) is 11.0. The molecule has 0 aliphatic carbocycles. The van der Waals surface area contributed by atoms with Crippen LogP contribution in [0.5, 0.6) is 5.75 Å². The molecule has 0 aliphatic rings. The lowest BCUT2D eigenvalue weighted by atomic mass is 10.1. The summed E-state index contributed by atoms with van der Waals surface area (Å²) < 4.78 is 8.00. The number of Topliss-reactive ketones (excluding diaryl/α,β-unsaturated/α-hetero) is 1. The van der Waals surface area contributed by atoms with Gasteiger partial charge >= 0.3 is 0 Å². The minimum absolute atomic E-state index is 0.0224. The van der Waals surface area contributed by atoms with E-state index in [0.29, 0.717) is 37.9 Å². The fourth-order valence-corrected chi connectivity index (χ4v) is 4.75. The molecule has 35 heavy (non-hydrogen) atoms. The summed E-state index contributed by atoms with van der Waals surface area (Å²) in [7, 11) is 0. The predicted molar refractivity (Wildman–Crippen MR) is 139 cm³/mol. The number of hydrogen-bond donors (Lipinski definition) is 0. The van der Waals surface area contributed by atoms with Crippen molar-refractivity contribution < 1.29 is 9.53 Å². The maximum absolute atomic E-state index is 12.7. The lowest BCUT2D eigenvalue weighted by Crippen LogP contribution is -2.08. The second kappa shape index (κ2) is 10.5. The summed E-state index contributed by atoms with van der Waals surface area (Å²) in [5.41, 5.74) is 2.14. The van der Waals surface area contributed by atoms with Gasteiger partial charge in [-0.15, -0.1) is 10.2 Å². The second-order valence-electron chi connectivity index (χ2n) is 7.52. The van der Waals surface area contributed by atoms with Crippen molar-refractivity contribution in [2.24, 2.45) is 0 Å². The van der Waals surface area contributed by atoms with Gasteiger partial charge < -0.3 is 4.74 Å². The number of aromatic nitrogens is 4. The minimum atomic E-state index is -0.0224. The summed E-state index contributed by atoms with van der Waals surface area (Å²) in [6, 6.07) is 23.9. The number of ketones is 1. The van der Waals surface area contributed by atoms with Crippen molar-refractivity contribution in [3.05, 3.63) is 106 Å². The summed E-state index contributed by atoms with van der Waals surface area (Å²) in [6.45, 7) is 0.154. The molecule has 0 saturated carbocycles. The van der Waals surface area contributed by atoms with Crippen molar-refractivity contribution in [1.29, 1.82) is 0 Å². The number of pyridine rings is 1. The van der Waals surface area contributed by atoms with Crippen molar-refractivity contribution in [1.82, 2.24) is 19.7 Å². The van der Waals surface area contributed by atoms with Crippen LogP contribution in [-0.2, 0) is 6.61 Å². The van der Waals surface area contributed by atoms with E-state index < -0.39 is 0 Å². The molecular formula is C26H18Cl2N4O2S. The Bertz CT molecular complexity index is 1490. The molecule has 2 aromatic heterocycles. The van der Waals surface area contributed by atoms with Crippen LogP contribution in [0.2, 0.25) is 10.0 Å². The molecular weight excluding hydrogens is 503 g/mol. The van der Waals surface area contributed by atoms with Crippen molar-refractivity contribution in [3.8, 4) is 11.4 Å². The molecule has 0 aliphatic heterocycles. The molecule has 0 fully saturated rings. The average molecular weight is 521 g/mol. The van der Waals surface area contributed by atoms with Gasteiger partial charge in [0, 0.05) is 27.9 Å². The van der Waals surface area contributed by atoms with Crippen LogP contribution in [0.25, 0.3) is 16.6 Å². The molecule has 0 N–H and O–H groups in total. The summed E-state index contributed by atoms with van der Waals surface area (Å²) in [5.74, 6) is 1.38. The molecule has 0 spiro atoms. The summed E-state index contributed by atoms with van der Waals surface area (Å²) >= 11 is 13.6. The van der Waals surface area contributed by atoms with Crippen LogP contribution in [0, 0.1) is 0 Å². The first-order valence-electron chi connectivity index (χ1n) is 10.7. The van der Waals surface area contributed by atoms with Crippen molar-refractivity contribution >= 4 is 51.6 Å².